The van der Waals surface area contributed by atoms with Gasteiger partial charge in [0.05, 0.1) is 19.9 Å². The van der Waals surface area contributed by atoms with Crippen LogP contribution >= 0.6 is 11.6 Å². The number of carbonyl (C=O) groups excluding carboxylic acids is 2. The molecule has 0 unspecified atom stereocenters. The van der Waals surface area contributed by atoms with E-state index in [1.807, 2.05) is 24.3 Å². The molecule has 7 heteroatoms. The van der Waals surface area contributed by atoms with Crippen molar-refractivity contribution in [3.05, 3.63) is 58.8 Å². The van der Waals surface area contributed by atoms with Gasteiger partial charge >= 0.3 is 0 Å². The van der Waals surface area contributed by atoms with E-state index in [0.717, 1.165) is 4.90 Å². The average Bonchev–Trinajstić information content (AvgIpc) is 2.91. The van der Waals surface area contributed by atoms with Crippen LogP contribution in [-0.2, 0) is 9.59 Å². The van der Waals surface area contributed by atoms with Crippen LogP contribution in [0.15, 0.2) is 53.2 Å². The Bertz CT molecular complexity index is 951. The first-order chi connectivity index (χ1) is 13.4. The smallest absolute Gasteiger partial charge is 0.283 e. The highest BCUT2D eigenvalue weighted by molar-refractivity contribution is 6.53. The van der Waals surface area contributed by atoms with E-state index >= 15 is 0 Å². The van der Waals surface area contributed by atoms with E-state index in [1.54, 1.807) is 18.2 Å². The minimum Gasteiger partial charge on any atom is -0.497 e. The van der Waals surface area contributed by atoms with E-state index in [0.29, 0.717) is 23.1 Å². The number of anilines is 2. The lowest BCUT2D eigenvalue weighted by Gasteiger charge is -2.19. The molecule has 28 heavy (non-hydrogen) atoms. The summed E-state index contributed by atoms with van der Waals surface area (Å²) in [5, 5.41) is 2.79. The molecule has 0 saturated heterocycles. The van der Waals surface area contributed by atoms with Crippen LogP contribution in [0.2, 0.25) is 0 Å². The Kier molecular flexibility index (Phi) is 5.61. The summed E-state index contributed by atoms with van der Waals surface area (Å²) in [6.45, 7) is 4.20. The molecule has 0 bridgehead atoms. The van der Waals surface area contributed by atoms with Crippen molar-refractivity contribution in [2.24, 2.45) is 0 Å². The topological polar surface area (TPSA) is 67.9 Å². The van der Waals surface area contributed by atoms with Gasteiger partial charge in [-0.25, -0.2) is 4.90 Å². The summed E-state index contributed by atoms with van der Waals surface area (Å²) in [7, 11) is 2.96. The van der Waals surface area contributed by atoms with Gasteiger partial charge in [0.2, 0.25) is 0 Å². The number of benzene rings is 2. The summed E-state index contributed by atoms with van der Waals surface area (Å²) < 4.78 is 10.5. The molecule has 0 aliphatic carbocycles. The Morgan fingerprint density at radius 2 is 1.64 bits per heavy atom. The number of hydrogen-bond donors (Lipinski definition) is 1. The molecule has 2 amide bonds. The predicted octanol–water partition coefficient (Wildman–Crippen LogP) is 4.26. The summed E-state index contributed by atoms with van der Waals surface area (Å²) in [5.41, 5.74) is 2.12. The third kappa shape index (κ3) is 3.55. The number of imide groups is 1. The lowest BCUT2D eigenvalue weighted by Crippen LogP contribution is -2.32. The van der Waals surface area contributed by atoms with Crippen LogP contribution in [0.25, 0.3) is 0 Å². The molecule has 1 aliphatic rings. The zero-order chi connectivity index (χ0) is 20.4. The first-order valence-electron chi connectivity index (χ1n) is 8.75. The standard InChI is InChI=1S/C21H21ClN2O4/c1-12(2)13-5-7-14(8-6-13)23-19-18(22)20(25)24(21(19)26)16-11-15(27-3)9-10-17(16)28-4/h5-12,23H,1-4H3. The molecule has 3 rings (SSSR count). The van der Waals surface area contributed by atoms with E-state index < -0.39 is 11.8 Å². The zero-order valence-electron chi connectivity index (χ0n) is 16.1. The third-order valence-electron chi connectivity index (χ3n) is 4.50. The number of nitrogens with one attached hydrogen (secondary N) is 1. The van der Waals surface area contributed by atoms with Gasteiger partial charge in [0.1, 0.15) is 22.2 Å². The molecule has 0 spiro atoms. The van der Waals surface area contributed by atoms with Crippen molar-refractivity contribution >= 4 is 34.8 Å². The number of halogens is 1. The second-order valence-corrected chi connectivity index (χ2v) is 6.95. The fourth-order valence-corrected chi connectivity index (χ4v) is 3.11. The Labute approximate surface area is 168 Å². The first kappa shape index (κ1) is 19.8. The van der Waals surface area contributed by atoms with Crippen LogP contribution in [-0.4, -0.2) is 26.0 Å². The fraction of sp³-hybridized carbons (Fsp3) is 0.238. The lowest BCUT2D eigenvalue weighted by atomic mass is 10.0. The largest absolute Gasteiger partial charge is 0.497 e. The number of ether oxygens (including phenoxy) is 2. The van der Waals surface area contributed by atoms with Crippen molar-refractivity contribution in [2.75, 3.05) is 24.4 Å². The third-order valence-corrected chi connectivity index (χ3v) is 4.85. The number of amides is 2. The van der Waals surface area contributed by atoms with E-state index in [9.17, 15) is 9.59 Å². The van der Waals surface area contributed by atoms with Crippen LogP contribution in [0.1, 0.15) is 25.3 Å². The molecule has 1 N–H and O–H groups in total. The molecule has 0 radical (unpaired) electrons. The van der Waals surface area contributed by atoms with Crippen LogP contribution < -0.4 is 19.7 Å². The normalized spacial score (nSPS) is 14.1. The number of rotatable bonds is 6. The number of nitrogens with zero attached hydrogens (tertiary/aromatic N) is 1. The summed E-state index contributed by atoms with van der Waals surface area (Å²) in [4.78, 5) is 26.7. The van der Waals surface area contributed by atoms with E-state index in [1.165, 1.54) is 19.8 Å². The van der Waals surface area contributed by atoms with Crippen molar-refractivity contribution in [1.82, 2.24) is 0 Å². The van der Waals surface area contributed by atoms with Gasteiger partial charge in [0.15, 0.2) is 0 Å². The number of carbonyl (C=O) groups is 2. The van der Waals surface area contributed by atoms with Crippen molar-refractivity contribution in [2.45, 2.75) is 19.8 Å². The first-order valence-corrected chi connectivity index (χ1v) is 9.12. The second-order valence-electron chi connectivity index (χ2n) is 6.57. The second kappa shape index (κ2) is 7.94. The fourth-order valence-electron chi connectivity index (χ4n) is 2.90. The van der Waals surface area contributed by atoms with E-state index in [-0.39, 0.29) is 16.4 Å². The molecule has 0 fully saturated rings. The van der Waals surface area contributed by atoms with Crippen LogP contribution in [0.4, 0.5) is 11.4 Å². The van der Waals surface area contributed by atoms with Crippen molar-refractivity contribution in [1.29, 1.82) is 0 Å². The molecule has 2 aromatic rings. The minimum atomic E-state index is -0.625. The van der Waals surface area contributed by atoms with Crippen molar-refractivity contribution in [3.8, 4) is 11.5 Å². The molecule has 1 aliphatic heterocycles. The summed E-state index contributed by atoms with van der Waals surface area (Å²) in [5.74, 6) is 0.0456. The van der Waals surface area contributed by atoms with Gasteiger partial charge in [0.25, 0.3) is 11.8 Å². The lowest BCUT2D eigenvalue weighted by molar-refractivity contribution is -0.120. The van der Waals surface area contributed by atoms with E-state index in [2.05, 4.69) is 19.2 Å². The highest BCUT2D eigenvalue weighted by Crippen LogP contribution is 2.38. The molecule has 2 aromatic carbocycles. The van der Waals surface area contributed by atoms with Crippen molar-refractivity contribution in [3.63, 3.8) is 0 Å². The van der Waals surface area contributed by atoms with Gasteiger partial charge in [0, 0.05) is 11.8 Å². The van der Waals surface area contributed by atoms with Crippen LogP contribution in [0.3, 0.4) is 0 Å². The van der Waals surface area contributed by atoms with Gasteiger partial charge in [-0.3, -0.25) is 9.59 Å². The molecule has 0 aromatic heterocycles. The quantitative estimate of drug-likeness (QED) is 0.733. The molecule has 0 atom stereocenters. The SMILES string of the molecule is COc1ccc(OC)c(N2C(=O)C(Cl)=C(Nc3ccc(C(C)C)cc3)C2=O)c1. The molecular weight excluding hydrogens is 380 g/mol. The van der Waals surface area contributed by atoms with Gasteiger partial charge in [-0.2, -0.15) is 0 Å². The highest BCUT2D eigenvalue weighted by Gasteiger charge is 2.40. The van der Waals surface area contributed by atoms with E-state index in [4.69, 9.17) is 21.1 Å². The summed E-state index contributed by atoms with van der Waals surface area (Å²) >= 11 is 6.20. The summed E-state index contributed by atoms with van der Waals surface area (Å²) in [6, 6.07) is 12.5. The van der Waals surface area contributed by atoms with Gasteiger partial charge in [-0.1, -0.05) is 37.6 Å². The van der Waals surface area contributed by atoms with Gasteiger partial charge in [-0.15, -0.1) is 0 Å². The zero-order valence-corrected chi connectivity index (χ0v) is 16.8. The molecular formula is C21H21ClN2O4. The number of hydrogen-bond acceptors (Lipinski definition) is 5. The van der Waals surface area contributed by atoms with Crippen molar-refractivity contribution < 1.29 is 19.1 Å². The summed E-state index contributed by atoms with van der Waals surface area (Å²) in [6.07, 6.45) is 0. The Morgan fingerprint density at radius 3 is 2.21 bits per heavy atom. The molecule has 1 heterocycles. The molecule has 6 nitrogen and oxygen atoms in total. The molecule has 0 saturated carbocycles. The maximum Gasteiger partial charge on any atom is 0.283 e. The highest BCUT2D eigenvalue weighted by atomic mass is 35.5. The Morgan fingerprint density at radius 1 is 0.964 bits per heavy atom. The minimum absolute atomic E-state index is 0.0221. The maximum absolute atomic E-state index is 13.0. The monoisotopic (exact) mass is 400 g/mol. The van der Waals surface area contributed by atoms with Gasteiger partial charge in [-0.05, 0) is 35.7 Å². The van der Waals surface area contributed by atoms with Gasteiger partial charge < -0.3 is 14.8 Å². The average molecular weight is 401 g/mol. The molecule has 146 valence electrons. The Balaban J connectivity index is 1.92. The van der Waals surface area contributed by atoms with Crippen LogP contribution in [0, 0.1) is 0 Å². The van der Waals surface area contributed by atoms with Crippen LogP contribution in [0.5, 0.6) is 11.5 Å². The maximum atomic E-state index is 13.0. The predicted molar refractivity (Wildman–Crippen MR) is 109 cm³/mol. The number of methoxy groups -OCH3 is 2. The Hall–Kier alpha value is -2.99.